The van der Waals surface area contributed by atoms with Crippen LogP contribution >= 0.6 is 0 Å². The Labute approximate surface area is 154 Å². The summed E-state index contributed by atoms with van der Waals surface area (Å²) < 4.78 is 5.38. The third kappa shape index (κ3) is 4.51. The minimum atomic E-state index is -0.818. The van der Waals surface area contributed by atoms with Crippen LogP contribution in [-0.2, 0) is 9.53 Å². The number of ether oxygens (including phenoxy) is 1. The average Bonchev–Trinajstić information content (AvgIpc) is 2.68. The van der Waals surface area contributed by atoms with Crippen LogP contribution in [0.5, 0.6) is 0 Å². The number of hydrogen-bond donors (Lipinski definition) is 1. The molecule has 0 saturated heterocycles. The highest BCUT2D eigenvalue weighted by atomic mass is 16.5. The lowest BCUT2D eigenvalue weighted by Crippen LogP contribution is -2.36. The van der Waals surface area contributed by atoms with Crippen molar-refractivity contribution in [2.24, 2.45) is 0 Å². The number of benzene rings is 2. The van der Waals surface area contributed by atoms with Crippen molar-refractivity contribution >= 4 is 22.6 Å². The summed E-state index contributed by atoms with van der Waals surface area (Å²) in [5, 5.41) is 4.67. The van der Waals surface area contributed by atoms with Crippen molar-refractivity contribution in [3.05, 3.63) is 59.7 Å². The summed E-state index contributed by atoms with van der Waals surface area (Å²) in [6.07, 6.45) is 7.09. The van der Waals surface area contributed by atoms with Gasteiger partial charge in [0.05, 0.1) is 5.56 Å². The predicted molar refractivity (Wildman–Crippen MR) is 103 cm³/mol. The van der Waals surface area contributed by atoms with E-state index < -0.39 is 12.1 Å². The molecule has 0 unspecified atom stereocenters. The first-order valence-corrected chi connectivity index (χ1v) is 9.29. The van der Waals surface area contributed by atoms with E-state index in [2.05, 4.69) is 11.4 Å². The molecule has 0 saturated carbocycles. The van der Waals surface area contributed by atoms with Crippen molar-refractivity contribution in [2.75, 3.05) is 6.54 Å². The van der Waals surface area contributed by atoms with Gasteiger partial charge in [-0.1, -0.05) is 48.0 Å². The monoisotopic (exact) mass is 351 g/mol. The number of esters is 1. The maximum atomic E-state index is 12.5. The van der Waals surface area contributed by atoms with Gasteiger partial charge in [0.2, 0.25) is 0 Å². The molecule has 0 aromatic heterocycles. The highest BCUT2D eigenvalue weighted by Gasteiger charge is 2.20. The molecule has 0 aliphatic heterocycles. The molecule has 136 valence electrons. The fraction of sp³-hybridized carbons (Fsp3) is 0.364. The number of hydrogen-bond acceptors (Lipinski definition) is 3. The SMILES string of the molecule is C[C@H](OC(=O)c1cccc2ccccc12)C(=O)NCCC1=CCCCC1. The summed E-state index contributed by atoms with van der Waals surface area (Å²) >= 11 is 0. The molecule has 1 aliphatic rings. The largest absolute Gasteiger partial charge is 0.449 e. The van der Waals surface area contributed by atoms with Crippen LogP contribution in [-0.4, -0.2) is 24.5 Å². The van der Waals surface area contributed by atoms with Gasteiger partial charge in [-0.2, -0.15) is 0 Å². The number of fused-ring (bicyclic) bond motifs is 1. The van der Waals surface area contributed by atoms with Gasteiger partial charge in [0, 0.05) is 6.54 Å². The van der Waals surface area contributed by atoms with Crippen LogP contribution in [0.3, 0.4) is 0 Å². The average molecular weight is 351 g/mol. The first-order valence-electron chi connectivity index (χ1n) is 9.29. The molecule has 2 aromatic rings. The fourth-order valence-corrected chi connectivity index (χ4v) is 3.30. The Bertz CT molecular complexity index is 820. The summed E-state index contributed by atoms with van der Waals surface area (Å²) in [5.41, 5.74) is 1.90. The minimum Gasteiger partial charge on any atom is -0.449 e. The van der Waals surface area contributed by atoms with Crippen molar-refractivity contribution in [2.45, 2.75) is 45.1 Å². The first kappa shape index (κ1) is 18.2. The van der Waals surface area contributed by atoms with Crippen LogP contribution in [0.1, 0.15) is 49.4 Å². The lowest BCUT2D eigenvalue weighted by Gasteiger charge is -2.16. The zero-order chi connectivity index (χ0) is 18.4. The number of rotatable bonds is 6. The third-order valence-corrected chi connectivity index (χ3v) is 4.79. The molecule has 1 amide bonds. The molecular weight excluding hydrogens is 326 g/mol. The quantitative estimate of drug-likeness (QED) is 0.620. The Balaban J connectivity index is 1.54. The summed E-state index contributed by atoms with van der Waals surface area (Å²) in [6.45, 7) is 2.19. The molecule has 0 spiro atoms. The van der Waals surface area contributed by atoms with Crippen LogP contribution in [0.4, 0.5) is 0 Å². The second-order valence-corrected chi connectivity index (χ2v) is 6.72. The zero-order valence-corrected chi connectivity index (χ0v) is 15.2. The predicted octanol–water partition coefficient (Wildman–Crippen LogP) is 4.39. The van der Waals surface area contributed by atoms with Gasteiger partial charge in [-0.3, -0.25) is 4.79 Å². The van der Waals surface area contributed by atoms with Gasteiger partial charge < -0.3 is 10.1 Å². The van der Waals surface area contributed by atoms with Gasteiger partial charge in [0.25, 0.3) is 5.91 Å². The molecule has 1 aliphatic carbocycles. The van der Waals surface area contributed by atoms with E-state index in [-0.39, 0.29) is 5.91 Å². The van der Waals surface area contributed by atoms with Gasteiger partial charge >= 0.3 is 5.97 Å². The summed E-state index contributed by atoms with van der Waals surface area (Å²) in [5.74, 6) is -0.727. The molecule has 4 nitrogen and oxygen atoms in total. The lowest BCUT2D eigenvalue weighted by atomic mass is 9.97. The first-order chi connectivity index (χ1) is 12.6. The van der Waals surface area contributed by atoms with Gasteiger partial charge in [-0.15, -0.1) is 0 Å². The summed E-state index contributed by atoms with van der Waals surface area (Å²) in [6, 6.07) is 13.1. The molecule has 0 bridgehead atoms. The van der Waals surface area contributed by atoms with Crippen molar-refractivity contribution in [3.8, 4) is 0 Å². The van der Waals surface area contributed by atoms with E-state index in [4.69, 9.17) is 4.74 Å². The lowest BCUT2D eigenvalue weighted by molar-refractivity contribution is -0.129. The highest BCUT2D eigenvalue weighted by molar-refractivity contribution is 6.05. The maximum Gasteiger partial charge on any atom is 0.339 e. The summed E-state index contributed by atoms with van der Waals surface area (Å²) in [7, 11) is 0. The number of carbonyl (C=O) groups excluding carboxylic acids is 2. The van der Waals surface area contributed by atoms with Crippen LogP contribution in [0.15, 0.2) is 54.1 Å². The van der Waals surface area contributed by atoms with E-state index in [1.54, 1.807) is 13.0 Å². The molecule has 0 radical (unpaired) electrons. The Hall–Kier alpha value is -2.62. The van der Waals surface area contributed by atoms with Gasteiger partial charge in [-0.25, -0.2) is 4.79 Å². The molecule has 3 rings (SSSR count). The van der Waals surface area contributed by atoms with Crippen LogP contribution < -0.4 is 5.32 Å². The second kappa shape index (κ2) is 8.65. The number of carbonyl (C=O) groups is 2. The molecule has 1 atom stereocenters. The van der Waals surface area contributed by atoms with Crippen molar-refractivity contribution in [3.63, 3.8) is 0 Å². The highest BCUT2D eigenvalue weighted by Crippen LogP contribution is 2.20. The molecular formula is C22H25NO3. The van der Waals surface area contributed by atoms with Crippen LogP contribution in [0.25, 0.3) is 10.8 Å². The van der Waals surface area contributed by atoms with Crippen molar-refractivity contribution < 1.29 is 14.3 Å². The Morgan fingerprint density at radius 2 is 1.92 bits per heavy atom. The van der Waals surface area contributed by atoms with E-state index in [0.29, 0.717) is 12.1 Å². The molecule has 2 aromatic carbocycles. The number of nitrogens with one attached hydrogen (secondary N) is 1. The Kier molecular flexibility index (Phi) is 6.05. The standard InChI is InChI=1S/C22H25NO3/c1-16(21(24)23-15-14-17-8-3-2-4-9-17)26-22(25)20-13-7-11-18-10-5-6-12-19(18)20/h5-8,10-13,16H,2-4,9,14-15H2,1H3,(H,23,24)/t16-/m0/s1. The Morgan fingerprint density at radius 3 is 2.73 bits per heavy atom. The van der Waals surface area contributed by atoms with Crippen LogP contribution in [0, 0.1) is 0 Å². The van der Waals surface area contributed by atoms with Gasteiger partial charge in [-0.05, 0) is 55.9 Å². The van der Waals surface area contributed by atoms with E-state index >= 15 is 0 Å². The smallest absolute Gasteiger partial charge is 0.339 e. The fourth-order valence-electron chi connectivity index (χ4n) is 3.30. The summed E-state index contributed by atoms with van der Waals surface area (Å²) in [4.78, 5) is 24.7. The zero-order valence-electron chi connectivity index (χ0n) is 15.2. The van der Waals surface area contributed by atoms with E-state index in [0.717, 1.165) is 30.0 Å². The van der Waals surface area contributed by atoms with Crippen LogP contribution in [0.2, 0.25) is 0 Å². The van der Waals surface area contributed by atoms with Crippen molar-refractivity contribution in [1.29, 1.82) is 0 Å². The second-order valence-electron chi connectivity index (χ2n) is 6.72. The van der Waals surface area contributed by atoms with E-state index in [9.17, 15) is 9.59 Å². The van der Waals surface area contributed by atoms with Crippen molar-refractivity contribution in [1.82, 2.24) is 5.32 Å². The molecule has 0 heterocycles. The normalized spacial score (nSPS) is 15.2. The molecule has 26 heavy (non-hydrogen) atoms. The minimum absolute atomic E-state index is 0.255. The number of amides is 1. The molecule has 4 heteroatoms. The Morgan fingerprint density at radius 1 is 1.12 bits per heavy atom. The van der Waals surface area contributed by atoms with Gasteiger partial charge in [0.1, 0.15) is 0 Å². The molecule has 0 fully saturated rings. The number of allylic oxidation sites excluding steroid dienone is 1. The van der Waals surface area contributed by atoms with Gasteiger partial charge in [0.15, 0.2) is 6.10 Å². The topological polar surface area (TPSA) is 55.4 Å². The molecule has 1 N–H and O–H groups in total. The maximum absolute atomic E-state index is 12.5. The van der Waals surface area contributed by atoms with E-state index in [1.807, 2.05) is 36.4 Å². The van der Waals surface area contributed by atoms with E-state index in [1.165, 1.54) is 18.4 Å². The third-order valence-electron chi connectivity index (χ3n) is 4.79.